The number of nitrogens with zero attached hydrogens (tertiary/aromatic N) is 4. The minimum Gasteiger partial charge on any atom is -0.438 e. The van der Waals surface area contributed by atoms with E-state index in [0.29, 0.717) is 37.2 Å². The molecule has 1 aliphatic carbocycles. The number of pyridine rings is 1. The smallest absolute Gasteiger partial charge is 0.421 e. The van der Waals surface area contributed by atoms with Gasteiger partial charge in [0.25, 0.3) is 0 Å². The van der Waals surface area contributed by atoms with Crippen molar-refractivity contribution < 1.29 is 36.6 Å². The van der Waals surface area contributed by atoms with Crippen molar-refractivity contribution >= 4 is 34.5 Å². The maximum Gasteiger partial charge on any atom is 0.421 e. The molecule has 0 spiro atoms. The lowest BCUT2D eigenvalue weighted by Crippen LogP contribution is -2.48. The Balaban J connectivity index is 1.39. The van der Waals surface area contributed by atoms with Crippen LogP contribution in [0.25, 0.3) is 0 Å². The first-order valence-electron chi connectivity index (χ1n) is 14.3. The summed E-state index contributed by atoms with van der Waals surface area (Å²) in [6, 6.07) is 2.83. The summed E-state index contributed by atoms with van der Waals surface area (Å²) >= 11 is 1.60. The normalized spacial score (nSPS) is 23.9. The number of cyclic esters (lactones) is 1. The van der Waals surface area contributed by atoms with Gasteiger partial charge in [-0.25, -0.2) is 14.2 Å². The third kappa shape index (κ3) is 6.76. The Labute approximate surface area is 251 Å². The second-order valence-corrected chi connectivity index (χ2v) is 12.6. The zero-order valence-electron chi connectivity index (χ0n) is 24.4. The quantitative estimate of drug-likeness (QED) is 0.263. The van der Waals surface area contributed by atoms with E-state index in [4.69, 9.17) is 9.47 Å². The SMILES string of the molecule is CC1OC(=O)c2cc(Oc3ncc(CCC4CSC(N(C)C)=N4)cc3C(F)(F)F)c(F)cc2N1C(=O)[C@H]1CC[C@H](C)CC1. The first kappa shape index (κ1) is 31.1. The summed E-state index contributed by atoms with van der Waals surface area (Å²) in [5.74, 6) is -2.68. The lowest BCUT2D eigenvalue weighted by atomic mass is 9.82. The van der Waals surface area contributed by atoms with Gasteiger partial charge >= 0.3 is 12.1 Å². The third-order valence-electron chi connectivity index (χ3n) is 8.04. The molecule has 1 aromatic carbocycles. The summed E-state index contributed by atoms with van der Waals surface area (Å²) < 4.78 is 68.3. The zero-order valence-corrected chi connectivity index (χ0v) is 25.2. The Morgan fingerprint density at radius 1 is 1.16 bits per heavy atom. The molecule has 232 valence electrons. The van der Waals surface area contributed by atoms with Crippen LogP contribution in [0.4, 0.5) is 23.2 Å². The van der Waals surface area contributed by atoms with Crippen molar-refractivity contribution in [3.8, 4) is 11.6 Å². The number of anilines is 1. The van der Waals surface area contributed by atoms with Gasteiger partial charge in [0, 0.05) is 44.1 Å². The average molecular weight is 623 g/mol. The van der Waals surface area contributed by atoms with Crippen molar-refractivity contribution in [2.24, 2.45) is 16.8 Å². The molecule has 13 heteroatoms. The van der Waals surface area contributed by atoms with Crippen LogP contribution in [0.2, 0.25) is 0 Å². The van der Waals surface area contributed by atoms with Gasteiger partial charge in [-0.15, -0.1) is 0 Å². The fourth-order valence-electron chi connectivity index (χ4n) is 5.60. The van der Waals surface area contributed by atoms with Gasteiger partial charge in [0.1, 0.15) is 5.56 Å². The van der Waals surface area contributed by atoms with Crippen LogP contribution < -0.4 is 9.64 Å². The van der Waals surface area contributed by atoms with Crippen LogP contribution in [0, 0.1) is 17.7 Å². The fraction of sp³-hybridized carbons (Fsp3) is 0.533. The molecule has 1 saturated carbocycles. The number of ether oxygens (including phenoxy) is 2. The number of amidine groups is 1. The van der Waals surface area contributed by atoms with Crippen molar-refractivity contribution in [2.45, 2.75) is 70.8 Å². The van der Waals surface area contributed by atoms with Crippen molar-refractivity contribution in [1.29, 1.82) is 0 Å². The first-order valence-corrected chi connectivity index (χ1v) is 15.3. The molecule has 1 aromatic heterocycles. The molecule has 1 amide bonds. The Kier molecular flexibility index (Phi) is 8.92. The van der Waals surface area contributed by atoms with Gasteiger partial charge in [-0.05, 0) is 63.0 Å². The fourth-order valence-corrected chi connectivity index (χ4v) is 6.66. The van der Waals surface area contributed by atoms with Crippen molar-refractivity contribution in [2.75, 3.05) is 24.7 Å². The number of aromatic nitrogens is 1. The molecule has 0 N–H and O–H groups in total. The lowest BCUT2D eigenvalue weighted by Gasteiger charge is -2.37. The monoisotopic (exact) mass is 622 g/mol. The molecule has 0 bridgehead atoms. The number of hydrogen-bond donors (Lipinski definition) is 0. The maximum atomic E-state index is 15.4. The number of carbonyl (C=O) groups excluding carboxylic acids is 2. The van der Waals surface area contributed by atoms with Crippen molar-refractivity contribution in [3.63, 3.8) is 0 Å². The van der Waals surface area contributed by atoms with Gasteiger partial charge < -0.3 is 14.4 Å². The van der Waals surface area contributed by atoms with E-state index in [-0.39, 0.29) is 29.1 Å². The number of alkyl halides is 3. The number of rotatable bonds is 6. The summed E-state index contributed by atoms with van der Waals surface area (Å²) in [5.41, 5.74) is -1.00. The van der Waals surface area contributed by atoms with E-state index >= 15 is 4.39 Å². The molecule has 1 fully saturated rings. The Morgan fingerprint density at radius 2 is 1.88 bits per heavy atom. The van der Waals surface area contributed by atoms with Crippen molar-refractivity contribution in [3.05, 3.63) is 46.9 Å². The van der Waals surface area contributed by atoms with Crippen LogP contribution in [0.15, 0.2) is 29.4 Å². The topological polar surface area (TPSA) is 84.3 Å². The summed E-state index contributed by atoms with van der Waals surface area (Å²) in [6.07, 6.45) is -0.587. The molecule has 8 nitrogen and oxygen atoms in total. The highest BCUT2D eigenvalue weighted by Crippen LogP contribution is 2.41. The second-order valence-electron chi connectivity index (χ2n) is 11.6. The van der Waals surface area contributed by atoms with Gasteiger partial charge in [0.05, 0.1) is 17.3 Å². The number of thioether (sulfide) groups is 1. The highest BCUT2D eigenvalue weighted by molar-refractivity contribution is 8.14. The van der Waals surface area contributed by atoms with Crippen LogP contribution in [-0.2, 0) is 22.1 Å². The third-order valence-corrected chi connectivity index (χ3v) is 9.32. The van der Waals surface area contributed by atoms with Crippen LogP contribution >= 0.6 is 11.8 Å². The highest BCUT2D eigenvalue weighted by Gasteiger charge is 2.40. The molecule has 0 saturated heterocycles. The number of fused-ring (bicyclic) bond motifs is 1. The number of benzene rings is 1. The van der Waals surface area contributed by atoms with E-state index < -0.39 is 41.4 Å². The van der Waals surface area contributed by atoms with Gasteiger partial charge in [0.2, 0.25) is 11.8 Å². The second kappa shape index (κ2) is 12.3. The number of aliphatic imine (C=N–C) groups is 1. The lowest BCUT2D eigenvalue weighted by molar-refractivity contribution is -0.139. The standard InChI is InChI=1S/C30H34F4N4O4S/c1-16-5-8-19(9-6-16)27(39)38-17(2)41-28(40)21-12-25(23(31)13-24(21)38)42-26-22(30(32,33)34)11-18(14-35-26)7-10-20-15-43-29(36-20)37(3)4/h11-14,16-17,19-20H,5-10,15H2,1-4H3/t16-,17?,19-,20?. The molecule has 3 heterocycles. The van der Waals surface area contributed by atoms with Crippen LogP contribution in [0.3, 0.4) is 0 Å². The highest BCUT2D eigenvalue weighted by atomic mass is 32.2. The summed E-state index contributed by atoms with van der Waals surface area (Å²) in [5, 5.41) is 0.879. The predicted molar refractivity (Wildman–Crippen MR) is 155 cm³/mol. The summed E-state index contributed by atoms with van der Waals surface area (Å²) in [7, 11) is 3.77. The number of aryl methyl sites for hydroxylation is 1. The van der Waals surface area contributed by atoms with E-state index in [1.807, 2.05) is 19.0 Å². The molecule has 2 aromatic rings. The molecule has 43 heavy (non-hydrogen) atoms. The van der Waals surface area contributed by atoms with Gasteiger partial charge in [0.15, 0.2) is 23.0 Å². The van der Waals surface area contributed by atoms with Crippen LogP contribution in [0.1, 0.15) is 67.4 Å². The van der Waals surface area contributed by atoms with Gasteiger partial charge in [-0.3, -0.25) is 14.7 Å². The average Bonchev–Trinajstić information content (AvgIpc) is 3.42. The Bertz CT molecular complexity index is 1430. The van der Waals surface area contributed by atoms with Crippen LogP contribution in [0.5, 0.6) is 11.6 Å². The molecule has 2 atom stereocenters. The molecule has 2 aliphatic heterocycles. The van der Waals surface area contributed by atoms with Crippen LogP contribution in [-0.4, -0.2) is 59.0 Å². The van der Waals surface area contributed by atoms with E-state index in [1.54, 1.807) is 11.8 Å². The molecule has 3 aliphatic rings. The number of esters is 1. The molecular weight excluding hydrogens is 588 g/mol. The van der Waals surface area contributed by atoms with Gasteiger partial charge in [-0.2, -0.15) is 13.2 Å². The summed E-state index contributed by atoms with van der Waals surface area (Å²) in [6.45, 7) is 3.64. The maximum absolute atomic E-state index is 15.4. The molecule has 2 unspecified atom stereocenters. The minimum absolute atomic E-state index is 0.00160. The Morgan fingerprint density at radius 3 is 2.53 bits per heavy atom. The van der Waals surface area contributed by atoms with E-state index in [0.717, 1.165) is 42.0 Å². The number of halogens is 4. The van der Waals surface area contributed by atoms with E-state index in [9.17, 15) is 22.8 Å². The zero-order chi connectivity index (χ0) is 31.1. The van der Waals surface area contributed by atoms with Crippen molar-refractivity contribution in [1.82, 2.24) is 9.88 Å². The molecular formula is C30H34F4N4O4S. The summed E-state index contributed by atoms with van der Waals surface area (Å²) in [4.78, 5) is 37.8. The number of carbonyl (C=O) groups is 2. The largest absolute Gasteiger partial charge is 0.438 e. The molecule has 0 radical (unpaired) electrons. The number of hydrogen-bond acceptors (Lipinski definition) is 8. The number of amides is 1. The van der Waals surface area contributed by atoms with E-state index in [1.165, 1.54) is 18.0 Å². The first-order chi connectivity index (χ1) is 20.3. The van der Waals surface area contributed by atoms with Gasteiger partial charge in [-0.1, -0.05) is 18.7 Å². The Hall–Kier alpha value is -3.35. The predicted octanol–water partition coefficient (Wildman–Crippen LogP) is 6.67. The minimum atomic E-state index is -4.84. The van der Waals surface area contributed by atoms with E-state index in [2.05, 4.69) is 16.9 Å². The molecule has 5 rings (SSSR count).